The number of methoxy groups -OCH3 is 1. The van der Waals surface area contributed by atoms with E-state index in [-0.39, 0.29) is 18.0 Å². The van der Waals surface area contributed by atoms with E-state index in [1.807, 2.05) is 24.3 Å². The summed E-state index contributed by atoms with van der Waals surface area (Å²) >= 11 is 3.38. The van der Waals surface area contributed by atoms with Gasteiger partial charge in [-0.1, -0.05) is 28.1 Å². The van der Waals surface area contributed by atoms with Gasteiger partial charge in [0.05, 0.1) is 13.2 Å². The van der Waals surface area contributed by atoms with Gasteiger partial charge in [-0.2, -0.15) is 0 Å². The van der Waals surface area contributed by atoms with E-state index < -0.39 is 0 Å². The van der Waals surface area contributed by atoms with Crippen LogP contribution in [0.15, 0.2) is 28.7 Å². The molecule has 3 nitrogen and oxygen atoms in total. The van der Waals surface area contributed by atoms with E-state index in [2.05, 4.69) is 15.9 Å². The van der Waals surface area contributed by atoms with Crippen molar-refractivity contribution in [3.8, 4) is 0 Å². The van der Waals surface area contributed by atoms with Gasteiger partial charge in [0, 0.05) is 11.1 Å². The number of halogens is 1. The number of carbonyl (C=O) groups excluding carboxylic acids is 1. The zero-order valence-corrected chi connectivity index (χ0v) is 11.3. The third-order valence-electron chi connectivity index (χ3n) is 3.02. The fourth-order valence-electron chi connectivity index (χ4n) is 2.17. The van der Waals surface area contributed by atoms with Gasteiger partial charge >= 0.3 is 5.97 Å². The SMILES string of the molecule is COC(=O)[C@H](c1ccc(Br)cc1)[C@H]1CCCO1. The van der Waals surface area contributed by atoms with Crippen LogP contribution in [-0.4, -0.2) is 25.8 Å². The molecule has 1 aromatic rings. The molecule has 17 heavy (non-hydrogen) atoms. The predicted octanol–water partition coefficient (Wildman–Crippen LogP) is 2.88. The van der Waals surface area contributed by atoms with Crippen molar-refractivity contribution in [1.29, 1.82) is 0 Å². The van der Waals surface area contributed by atoms with E-state index in [1.54, 1.807) is 0 Å². The molecule has 0 aliphatic carbocycles. The molecule has 0 saturated carbocycles. The first kappa shape index (κ1) is 12.6. The monoisotopic (exact) mass is 298 g/mol. The number of rotatable bonds is 3. The molecule has 4 heteroatoms. The Hall–Kier alpha value is -0.870. The average molecular weight is 299 g/mol. The minimum atomic E-state index is -0.310. The van der Waals surface area contributed by atoms with Crippen LogP contribution in [0.25, 0.3) is 0 Å². The number of hydrogen-bond donors (Lipinski definition) is 0. The Bertz CT molecular complexity index is 382. The highest BCUT2D eigenvalue weighted by atomic mass is 79.9. The Morgan fingerprint density at radius 1 is 1.47 bits per heavy atom. The summed E-state index contributed by atoms with van der Waals surface area (Å²) in [4.78, 5) is 11.9. The third-order valence-corrected chi connectivity index (χ3v) is 3.55. The lowest BCUT2D eigenvalue weighted by atomic mass is 9.92. The normalized spacial score (nSPS) is 21.2. The Balaban J connectivity index is 2.25. The van der Waals surface area contributed by atoms with E-state index in [0.29, 0.717) is 0 Å². The molecule has 92 valence electrons. The molecule has 0 spiro atoms. The maximum Gasteiger partial charge on any atom is 0.315 e. The molecule has 2 atom stereocenters. The molecular formula is C13H15BrO3. The van der Waals surface area contributed by atoms with E-state index in [1.165, 1.54) is 7.11 Å². The van der Waals surface area contributed by atoms with Crippen LogP contribution in [0.4, 0.5) is 0 Å². The maximum absolute atomic E-state index is 11.9. The molecule has 0 bridgehead atoms. The molecule has 0 unspecified atom stereocenters. The van der Waals surface area contributed by atoms with Gasteiger partial charge < -0.3 is 9.47 Å². The number of ether oxygens (including phenoxy) is 2. The molecule has 1 saturated heterocycles. The lowest BCUT2D eigenvalue weighted by Crippen LogP contribution is -2.26. The van der Waals surface area contributed by atoms with Crippen molar-refractivity contribution in [2.24, 2.45) is 0 Å². The van der Waals surface area contributed by atoms with Gasteiger partial charge in [0.2, 0.25) is 0 Å². The summed E-state index contributed by atoms with van der Waals surface area (Å²) in [5.74, 6) is -0.533. The summed E-state index contributed by atoms with van der Waals surface area (Å²) in [6, 6.07) is 7.74. The number of esters is 1. The first-order valence-corrected chi connectivity index (χ1v) is 6.46. The van der Waals surface area contributed by atoms with Gasteiger partial charge in [-0.15, -0.1) is 0 Å². The lowest BCUT2D eigenvalue weighted by Gasteiger charge is -2.21. The van der Waals surface area contributed by atoms with Gasteiger partial charge in [0.1, 0.15) is 5.92 Å². The molecule has 0 amide bonds. The summed E-state index contributed by atoms with van der Waals surface area (Å²) in [5.41, 5.74) is 0.951. The largest absolute Gasteiger partial charge is 0.468 e. The van der Waals surface area contributed by atoms with Crippen molar-refractivity contribution in [3.63, 3.8) is 0 Å². The van der Waals surface area contributed by atoms with Crippen molar-refractivity contribution in [2.45, 2.75) is 24.9 Å². The molecule has 1 aliphatic rings. The minimum absolute atomic E-state index is 0.0522. The lowest BCUT2D eigenvalue weighted by molar-refractivity contribution is -0.145. The molecule has 0 N–H and O–H groups in total. The topological polar surface area (TPSA) is 35.5 Å². The van der Waals surface area contributed by atoms with Crippen LogP contribution < -0.4 is 0 Å². The van der Waals surface area contributed by atoms with E-state index in [0.717, 1.165) is 29.5 Å². The summed E-state index contributed by atoms with van der Waals surface area (Å²) < 4.78 is 11.5. The first-order chi connectivity index (χ1) is 8.22. The van der Waals surface area contributed by atoms with Crippen LogP contribution in [0.1, 0.15) is 24.3 Å². The Morgan fingerprint density at radius 2 is 2.18 bits per heavy atom. The van der Waals surface area contributed by atoms with Crippen LogP contribution in [-0.2, 0) is 14.3 Å². The Labute approximate surface area is 109 Å². The van der Waals surface area contributed by atoms with Crippen molar-refractivity contribution in [2.75, 3.05) is 13.7 Å². The maximum atomic E-state index is 11.9. The molecule has 2 rings (SSSR count). The Kier molecular flexibility index (Phi) is 4.18. The zero-order valence-electron chi connectivity index (χ0n) is 9.69. The van der Waals surface area contributed by atoms with E-state index in [9.17, 15) is 4.79 Å². The number of hydrogen-bond acceptors (Lipinski definition) is 3. The van der Waals surface area contributed by atoms with Gasteiger partial charge in [0.15, 0.2) is 0 Å². The first-order valence-electron chi connectivity index (χ1n) is 5.67. The van der Waals surface area contributed by atoms with Gasteiger partial charge in [0.25, 0.3) is 0 Å². The summed E-state index contributed by atoms with van der Waals surface area (Å²) in [6.45, 7) is 0.731. The highest BCUT2D eigenvalue weighted by molar-refractivity contribution is 9.10. The van der Waals surface area contributed by atoms with E-state index >= 15 is 0 Å². The standard InChI is InChI=1S/C13H15BrO3/c1-16-13(15)12(11-3-2-8-17-11)9-4-6-10(14)7-5-9/h4-7,11-12H,2-3,8H2,1H3/t11-,12-/m1/s1. The van der Waals surface area contributed by atoms with Crippen molar-refractivity contribution in [3.05, 3.63) is 34.3 Å². The van der Waals surface area contributed by atoms with Crippen molar-refractivity contribution in [1.82, 2.24) is 0 Å². The minimum Gasteiger partial charge on any atom is -0.468 e. The summed E-state index contributed by atoms with van der Waals surface area (Å²) in [5, 5.41) is 0. The summed E-state index contributed by atoms with van der Waals surface area (Å²) in [6.07, 6.45) is 1.87. The number of benzene rings is 1. The molecule has 0 aromatic heterocycles. The molecule has 1 aliphatic heterocycles. The zero-order chi connectivity index (χ0) is 12.3. The van der Waals surface area contributed by atoms with Crippen LogP contribution in [0.3, 0.4) is 0 Å². The predicted molar refractivity (Wildman–Crippen MR) is 67.9 cm³/mol. The third kappa shape index (κ3) is 2.87. The Morgan fingerprint density at radius 3 is 2.71 bits per heavy atom. The summed E-state index contributed by atoms with van der Waals surface area (Å²) in [7, 11) is 1.42. The van der Waals surface area contributed by atoms with Crippen LogP contribution in [0, 0.1) is 0 Å². The van der Waals surface area contributed by atoms with Crippen molar-refractivity contribution < 1.29 is 14.3 Å². The van der Waals surface area contributed by atoms with E-state index in [4.69, 9.17) is 9.47 Å². The highest BCUT2D eigenvalue weighted by Crippen LogP contribution is 2.30. The van der Waals surface area contributed by atoms with Crippen LogP contribution >= 0.6 is 15.9 Å². The van der Waals surface area contributed by atoms with Crippen molar-refractivity contribution >= 4 is 21.9 Å². The van der Waals surface area contributed by atoms with Gasteiger partial charge in [-0.25, -0.2) is 0 Å². The second-order valence-corrected chi connectivity index (χ2v) is 5.02. The smallest absolute Gasteiger partial charge is 0.315 e. The fraction of sp³-hybridized carbons (Fsp3) is 0.462. The quantitative estimate of drug-likeness (QED) is 0.805. The van der Waals surface area contributed by atoms with Crippen LogP contribution in [0.5, 0.6) is 0 Å². The van der Waals surface area contributed by atoms with Crippen LogP contribution in [0.2, 0.25) is 0 Å². The molecule has 1 fully saturated rings. The highest BCUT2D eigenvalue weighted by Gasteiger charge is 2.33. The molecule has 1 aromatic carbocycles. The number of carbonyl (C=O) groups is 1. The van der Waals surface area contributed by atoms with Gasteiger partial charge in [-0.05, 0) is 30.5 Å². The molecule has 1 heterocycles. The van der Waals surface area contributed by atoms with Gasteiger partial charge in [-0.3, -0.25) is 4.79 Å². The average Bonchev–Trinajstić information content (AvgIpc) is 2.85. The fourth-order valence-corrected chi connectivity index (χ4v) is 2.43. The molecular weight excluding hydrogens is 284 g/mol. The second-order valence-electron chi connectivity index (χ2n) is 4.10. The second kappa shape index (κ2) is 5.65. The molecule has 0 radical (unpaired) electrons.